The molecule has 0 aromatic rings. The zero-order valence-electron chi connectivity index (χ0n) is 6.47. The molecule has 0 N–H and O–H groups in total. The molecule has 1 aliphatic rings. The fraction of sp³-hybridized carbons (Fsp3) is 0.556. The van der Waals surface area contributed by atoms with Crippen LogP contribution in [0.25, 0.3) is 0 Å². The molecule has 56 valence electrons. The van der Waals surface area contributed by atoms with Crippen molar-refractivity contribution >= 4 is 11.8 Å². The highest BCUT2D eigenvalue weighted by Gasteiger charge is 1.96. The first-order valence-electron chi connectivity index (χ1n) is 3.93. The van der Waals surface area contributed by atoms with Crippen molar-refractivity contribution in [2.45, 2.75) is 26.2 Å². The number of hydrogen-bond acceptors (Lipinski definition) is 1. The molecule has 0 radical (unpaired) electrons. The minimum Gasteiger partial charge on any atom is -0.127 e. The smallest absolute Gasteiger partial charge is 0.00320 e. The molecule has 1 heteroatoms. The van der Waals surface area contributed by atoms with Gasteiger partial charge in [0.15, 0.2) is 0 Å². The van der Waals surface area contributed by atoms with Gasteiger partial charge in [-0.3, -0.25) is 0 Å². The molecule has 0 saturated carbocycles. The van der Waals surface area contributed by atoms with Gasteiger partial charge >= 0.3 is 0 Å². The normalized spacial score (nSPS) is 15.9. The summed E-state index contributed by atoms with van der Waals surface area (Å²) < 4.78 is 0. The van der Waals surface area contributed by atoms with Crippen LogP contribution in [0.4, 0.5) is 0 Å². The summed E-state index contributed by atoms with van der Waals surface area (Å²) in [4.78, 5) is 1.47. The number of unbranched alkanes of at least 4 members (excludes halogenated alkanes) is 1. The first kappa shape index (κ1) is 7.93. The Bertz CT molecular complexity index is 145. The van der Waals surface area contributed by atoms with Crippen molar-refractivity contribution in [3.05, 3.63) is 23.1 Å². The zero-order valence-corrected chi connectivity index (χ0v) is 7.29. The van der Waals surface area contributed by atoms with Crippen molar-refractivity contribution < 1.29 is 0 Å². The summed E-state index contributed by atoms with van der Waals surface area (Å²) in [6.45, 7) is 2.24. The van der Waals surface area contributed by atoms with Crippen LogP contribution in [-0.2, 0) is 0 Å². The van der Waals surface area contributed by atoms with E-state index in [2.05, 4.69) is 25.2 Å². The standard InChI is InChI=1S/C9H14S/c1-2-3-8-10-9-6-4-5-7-9/h4,6-7H,2-3,5,8H2,1H3. The van der Waals surface area contributed by atoms with Crippen LogP contribution in [0.1, 0.15) is 26.2 Å². The Morgan fingerprint density at radius 1 is 1.60 bits per heavy atom. The highest BCUT2D eigenvalue weighted by atomic mass is 32.2. The van der Waals surface area contributed by atoms with Crippen molar-refractivity contribution in [1.29, 1.82) is 0 Å². The maximum absolute atomic E-state index is 2.29. The van der Waals surface area contributed by atoms with E-state index in [1.54, 1.807) is 0 Å². The quantitative estimate of drug-likeness (QED) is 0.559. The molecule has 0 saturated heterocycles. The van der Waals surface area contributed by atoms with Crippen LogP contribution < -0.4 is 0 Å². The van der Waals surface area contributed by atoms with Crippen molar-refractivity contribution in [3.8, 4) is 0 Å². The van der Waals surface area contributed by atoms with E-state index in [0.717, 1.165) is 6.42 Å². The molecule has 1 rings (SSSR count). The summed E-state index contributed by atoms with van der Waals surface area (Å²) in [5.41, 5.74) is 0. The summed E-state index contributed by atoms with van der Waals surface area (Å²) in [5, 5.41) is 0. The third-order valence-corrected chi connectivity index (χ3v) is 2.63. The Morgan fingerprint density at radius 2 is 2.50 bits per heavy atom. The molecule has 0 spiro atoms. The number of rotatable bonds is 4. The molecular weight excluding hydrogens is 140 g/mol. The maximum Gasteiger partial charge on any atom is 0.00320 e. The van der Waals surface area contributed by atoms with E-state index in [-0.39, 0.29) is 0 Å². The van der Waals surface area contributed by atoms with Gasteiger partial charge in [0.2, 0.25) is 0 Å². The second kappa shape index (κ2) is 4.62. The summed E-state index contributed by atoms with van der Waals surface area (Å²) in [6, 6.07) is 0. The van der Waals surface area contributed by atoms with E-state index < -0.39 is 0 Å². The molecule has 0 aromatic heterocycles. The average molecular weight is 154 g/mol. The lowest BCUT2D eigenvalue weighted by atomic mass is 10.4. The maximum atomic E-state index is 2.29. The summed E-state index contributed by atoms with van der Waals surface area (Å²) in [7, 11) is 0. The van der Waals surface area contributed by atoms with E-state index in [4.69, 9.17) is 0 Å². The summed E-state index contributed by atoms with van der Waals surface area (Å²) in [5.74, 6) is 1.28. The average Bonchev–Trinajstić information content (AvgIpc) is 2.41. The monoisotopic (exact) mass is 154 g/mol. The van der Waals surface area contributed by atoms with Crippen LogP contribution in [0.15, 0.2) is 23.1 Å². The van der Waals surface area contributed by atoms with Gasteiger partial charge in [0, 0.05) is 4.91 Å². The molecule has 0 bridgehead atoms. The van der Waals surface area contributed by atoms with Crippen molar-refractivity contribution in [3.63, 3.8) is 0 Å². The zero-order chi connectivity index (χ0) is 7.23. The van der Waals surface area contributed by atoms with Crippen LogP contribution in [0.5, 0.6) is 0 Å². The lowest BCUT2D eigenvalue weighted by Crippen LogP contribution is -1.76. The van der Waals surface area contributed by atoms with Gasteiger partial charge in [-0.2, -0.15) is 0 Å². The van der Waals surface area contributed by atoms with E-state index in [9.17, 15) is 0 Å². The lowest BCUT2D eigenvalue weighted by Gasteiger charge is -1.96. The van der Waals surface area contributed by atoms with Gasteiger partial charge in [0.1, 0.15) is 0 Å². The molecule has 10 heavy (non-hydrogen) atoms. The van der Waals surface area contributed by atoms with Crippen LogP contribution in [0.2, 0.25) is 0 Å². The van der Waals surface area contributed by atoms with Crippen molar-refractivity contribution in [2.75, 3.05) is 5.75 Å². The number of hydrogen-bond donors (Lipinski definition) is 0. The number of allylic oxidation sites excluding steroid dienone is 3. The summed E-state index contributed by atoms with van der Waals surface area (Å²) in [6.07, 6.45) is 10.5. The first-order valence-corrected chi connectivity index (χ1v) is 4.91. The molecule has 0 aliphatic heterocycles. The fourth-order valence-electron chi connectivity index (χ4n) is 0.878. The van der Waals surface area contributed by atoms with Crippen LogP contribution in [-0.4, -0.2) is 5.75 Å². The highest BCUT2D eigenvalue weighted by molar-refractivity contribution is 8.03. The largest absolute Gasteiger partial charge is 0.127 e. The third-order valence-electron chi connectivity index (χ3n) is 1.50. The van der Waals surface area contributed by atoms with Crippen LogP contribution in [0, 0.1) is 0 Å². The van der Waals surface area contributed by atoms with Crippen molar-refractivity contribution in [1.82, 2.24) is 0 Å². The summed E-state index contributed by atoms with van der Waals surface area (Å²) >= 11 is 1.98. The molecule has 0 heterocycles. The highest BCUT2D eigenvalue weighted by Crippen LogP contribution is 2.23. The third kappa shape index (κ3) is 2.61. The van der Waals surface area contributed by atoms with E-state index >= 15 is 0 Å². The Kier molecular flexibility index (Phi) is 3.66. The van der Waals surface area contributed by atoms with Crippen LogP contribution in [0.3, 0.4) is 0 Å². The van der Waals surface area contributed by atoms with E-state index in [1.807, 2.05) is 11.8 Å². The minimum absolute atomic E-state index is 1.15. The SMILES string of the molecule is CCCCSC1=CCC=C1. The fourth-order valence-corrected chi connectivity index (χ4v) is 1.95. The topological polar surface area (TPSA) is 0 Å². The van der Waals surface area contributed by atoms with Crippen molar-refractivity contribution in [2.24, 2.45) is 0 Å². The van der Waals surface area contributed by atoms with E-state index in [1.165, 1.54) is 23.5 Å². The molecule has 0 aromatic carbocycles. The van der Waals surface area contributed by atoms with E-state index in [0.29, 0.717) is 0 Å². The van der Waals surface area contributed by atoms with Gasteiger partial charge in [-0.1, -0.05) is 31.6 Å². The molecule has 0 unspecified atom stereocenters. The Balaban J connectivity index is 2.08. The lowest BCUT2D eigenvalue weighted by molar-refractivity contribution is 0.897. The van der Waals surface area contributed by atoms with Gasteiger partial charge in [-0.15, -0.1) is 11.8 Å². The molecule has 0 nitrogen and oxygen atoms in total. The first-order chi connectivity index (χ1) is 4.93. The van der Waals surface area contributed by atoms with Crippen LogP contribution >= 0.6 is 11.8 Å². The molecule has 1 aliphatic carbocycles. The second-order valence-corrected chi connectivity index (χ2v) is 3.61. The molecule has 0 fully saturated rings. The van der Waals surface area contributed by atoms with Gasteiger partial charge in [-0.25, -0.2) is 0 Å². The minimum atomic E-state index is 1.15. The van der Waals surface area contributed by atoms with Gasteiger partial charge in [0.05, 0.1) is 0 Å². The van der Waals surface area contributed by atoms with Gasteiger partial charge in [-0.05, 0) is 18.6 Å². The molecule has 0 atom stereocenters. The Morgan fingerprint density at radius 3 is 3.10 bits per heavy atom. The predicted molar refractivity (Wildman–Crippen MR) is 49.2 cm³/mol. The van der Waals surface area contributed by atoms with Gasteiger partial charge < -0.3 is 0 Å². The molecule has 0 amide bonds. The second-order valence-electron chi connectivity index (χ2n) is 2.45. The number of thioether (sulfide) groups is 1. The Hall–Kier alpha value is -0.170. The predicted octanol–water partition coefficient (Wildman–Crippen LogP) is 3.36. The molecular formula is C9H14S. The van der Waals surface area contributed by atoms with Gasteiger partial charge in [0.25, 0.3) is 0 Å². The Labute approximate surface area is 67.4 Å².